The van der Waals surface area contributed by atoms with Crippen molar-refractivity contribution in [3.05, 3.63) is 74.8 Å². The number of carbonyl (C=O) groups is 1. The second-order valence-electron chi connectivity index (χ2n) is 7.77. The molecule has 0 bridgehead atoms. The second-order valence-corrected chi connectivity index (χ2v) is 8.18. The van der Waals surface area contributed by atoms with Crippen molar-refractivity contribution in [2.75, 3.05) is 13.2 Å². The van der Waals surface area contributed by atoms with E-state index < -0.39 is 0 Å². The van der Waals surface area contributed by atoms with Gasteiger partial charge in [-0.25, -0.2) is 4.79 Å². The molecule has 1 amide bonds. The molecule has 0 spiro atoms. The molecule has 154 valence electrons. The summed E-state index contributed by atoms with van der Waals surface area (Å²) >= 11 is 6.48. The van der Waals surface area contributed by atoms with Gasteiger partial charge in [0.1, 0.15) is 0 Å². The van der Waals surface area contributed by atoms with Crippen LogP contribution in [-0.4, -0.2) is 44.3 Å². The van der Waals surface area contributed by atoms with Crippen LogP contribution in [0.15, 0.2) is 47.4 Å². The molecule has 1 aromatic heterocycles. The van der Waals surface area contributed by atoms with Crippen molar-refractivity contribution in [1.82, 2.24) is 14.0 Å². The lowest BCUT2D eigenvalue weighted by Gasteiger charge is -2.34. The van der Waals surface area contributed by atoms with Gasteiger partial charge in [0.2, 0.25) is 5.88 Å². The molecule has 5 rings (SSSR count). The zero-order chi connectivity index (χ0) is 21.0. The number of halogens is 1. The molecular formula is C22H20ClN3O4. The molecule has 30 heavy (non-hydrogen) atoms. The summed E-state index contributed by atoms with van der Waals surface area (Å²) in [7, 11) is 1.53. The number of ether oxygens (including phenoxy) is 1. The fourth-order valence-corrected chi connectivity index (χ4v) is 4.30. The smallest absolute Gasteiger partial charge is 0.331 e. The summed E-state index contributed by atoms with van der Waals surface area (Å²) in [5.74, 6) is -0.0942. The van der Waals surface area contributed by atoms with E-state index in [2.05, 4.69) is 0 Å². The number of imidazole rings is 1. The van der Waals surface area contributed by atoms with E-state index in [1.165, 1.54) is 22.4 Å². The summed E-state index contributed by atoms with van der Waals surface area (Å²) in [6.07, 6.45) is 1.42. The Morgan fingerprint density at radius 1 is 1.13 bits per heavy atom. The van der Waals surface area contributed by atoms with Crippen molar-refractivity contribution in [3.8, 4) is 17.0 Å². The highest BCUT2D eigenvalue weighted by atomic mass is 35.5. The third-order valence-electron chi connectivity index (χ3n) is 5.84. The predicted octanol–water partition coefficient (Wildman–Crippen LogP) is 2.62. The number of hydrogen-bond acceptors (Lipinski definition) is 4. The van der Waals surface area contributed by atoms with Crippen LogP contribution in [0.4, 0.5) is 0 Å². The first-order valence-electron chi connectivity index (χ1n) is 9.68. The number of aromatic hydroxyl groups is 1. The summed E-state index contributed by atoms with van der Waals surface area (Å²) in [5.41, 5.74) is 4.11. The van der Waals surface area contributed by atoms with Crippen LogP contribution >= 0.6 is 11.6 Å². The van der Waals surface area contributed by atoms with Crippen molar-refractivity contribution in [2.24, 2.45) is 7.05 Å². The highest BCUT2D eigenvalue weighted by Gasteiger charge is 2.37. The van der Waals surface area contributed by atoms with Gasteiger partial charge >= 0.3 is 5.69 Å². The quantitative estimate of drug-likeness (QED) is 0.697. The van der Waals surface area contributed by atoms with Crippen LogP contribution in [0, 0.1) is 0 Å². The molecular weight excluding hydrogens is 406 g/mol. The number of hydrogen-bond donors (Lipinski definition) is 1. The summed E-state index contributed by atoms with van der Waals surface area (Å²) in [6, 6.07) is 11.8. The van der Waals surface area contributed by atoms with Gasteiger partial charge < -0.3 is 14.7 Å². The summed E-state index contributed by atoms with van der Waals surface area (Å²) < 4.78 is 7.88. The Hall–Kier alpha value is -3.03. The van der Waals surface area contributed by atoms with Crippen molar-refractivity contribution < 1.29 is 14.6 Å². The molecule has 2 aliphatic heterocycles. The normalized spacial score (nSPS) is 16.1. The zero-order valence-electron chi connectivity index (χ0n) is 16.3. The van der Waals surface area contributed by atoms with E-state index >= 15 is 0 Å². The van der Waals surface area contributed by atoms with E-state index in [1.807, 2.05) is 41.3 Å². The molecule has 1 fully saturated rings. The Labute approximate surface area is 177 Å². The third kappa shape index (κ3) is 3.02. The predicted molar refractivity (Wildman–Crippen MR) is 112 cm³/mol. The van der Waals surface area contributed by atoms with Crippen molar-refractivity contribution in [3.63, 3.8) is 0 Å². The molecule has 0 radical (unpaired) electrons. The van der Waals surface area contributed by atoms with Crippen LogP contribution in [0.1, 0.15) is 21.5 Å². The molecule has 1 N–H and O–H groups in total. The zero-order valence-corrected chi connectivity index (χ0v) is 17.1. The Kier molecular flexibility index (Phi) is 4.45. The average molecular weight is 426 g/mol. The molecule has 2 aromatic carbocycles. The lowest BCUT2D eigenvalue weighted by Crippen LogP contribution is -2.48. The largest absolute Gasteiger partial charge is 0.493 e. The molecule has 1 saturated heterocycles. The van der Waals surface area contributed by atoms with E-state index in [0.29, 0.717) is 36.9 Å². The number of nitrogens with zero attached hydrogens (tertiary/aromatic N) is 3. The van der Waals surface area contributed by atoms with Crippen molar-refractivity contribution in [1.29, 1.82) is 0 Å². The summed E-state index contributed by atoms with van der Waals surface area (Å²) in [5, 5.41) is 10.1. The first-order valence-corrected chi connectivity index (χ1v) is 10.1. The van der Waals surface area contributed by atoms with E-state index in [1.54, 1.807) is 0 Å². The molecule has 3 heterocycles. The number of carbonyl (C=O) groups excluding carboxylic acids is 1. The Morgan fingerprint density at radius 2 is 1.87 bits per heavy atom. The maximum absolute atomic E-state index is 12.7. The molecule has 0 unspecified atom stereocenters. The lowest BCUT2D eigenvalue weighted by atomic mass is 9.99. The van der Waals surface area contributed by atoms with Gasteiger partial charge in [0, 0.05) is 13.6 Å². The average Bonchev–Trinajstić information content (AvgIpc) is 3.13. The van der Waals surface area contributed by atoms with Gasteiger partial charge in [-0.3, -0.25) is 13.9 Å². The van der Waals surface area contributed by atoms with Crippen molar-refractivity contribution in [2.45, 2.75) is 19.1 Å². The number of amides is 1. The minimum absolute atomic E-state index is 0.0262. The molecule has 0 aliphatic carbocycles. The topological polar surface area (TPSA) is 76.7 Å². The maximum atomic E-state index is 12.7. The number of rotatable bonds is 4. The fourth-order valence-electron chi connectivity index (χ4n) is 3.98. The molecule has 2 aliphatic rings. The monoisotopic (exact) mass is 425 g/mol. The van der Waals surface area contributed by atoms with Crippen LogP contribution in [0.3, 0.4) is 0 Å². The minimum Gasteiger partial charge on any atom is -0.493 e. The van der Waals surface area contributed by atoms with Gasteiger partial charge in [-0.2, -0.15) is 0 Å². The second kappa shape index (κ2) is 7.04. The standard InChI is InChI=1S/C22H20ClN3O4/c1-24-19(27)10-25(22(24)29)8-13-2-4-14(5-3-13)15-6-16-9-26(17-11-30-12-17)21(28)20(16)18(23)7-15/h2-7,10,17,27H,8-9,11-12H2,1H3. The van der Waals surface area contributed by atoms with Crippen molar-refractivity contribution >= 4 is 17.5 Å². The van der Waals surface area contributed by atoms with Crippen LogP contribution in [0.2, 0.25) is 5.02 Å². The minimum atomic E-state index is -0.270. The van der Waals surface area contributed by atoms with Crippen LogP contribution in [0.5, 0.6) is 5.88 Å². The van der Waals surface area contributed by atoms with E-state index in [4.69, 9.17) is 16.3 Å². The fraction of sp³-hybridized carbons (Fsp3) is 0.273. The first-order chi connectivity index (χ1) is 14.4. The van der Waals surface area contributed by atoms with Crippen LogP contribution in [0.25, 0.3) is 11.1 Å². The van der Waals surface area contributed by atoms with E-state index in [0.717, 1.165) is 22.3 Å². The van der Waals surface area contributed by atoms with Crippen LogP contribution < -0.4 is 5.69 Å². The Balaban J connectivity index is 1.40. The van der Waals surface area contributed by atoms with Gasteiger partial charge in [-0.05, 0) is 34.4 Å². The third-order valence-corrected chi connectivity index (χ3v) is 6.13. The van der Waals surface area contributed by atoms with Gasteiger partial charge in [0.25, 0.3) is 5.91 Å². The van der Waals surface area contributed by atoms with E-state index in [-0.39, 0.29) is 23.5 Å². The van der Waals surface area contributed by atoms with Gasteiger partial charge in [-0.1, -0.05) is 35.9 Å². The highest BCUT2D eigenvalue weighted by molar-refractivity contribution is 6.34. The molecule has 7 nitrogen and oxygen atoms in total. The SMILES string of the molecule is Cn1c(O)cn(Cc2ccc(-c3cc(Cl)c4c(c3)CN(C3COC3)C4=O)cc2)c1=O. The van der Waals surface area contributed by atoms with Gasteiger partial charge in [0.15, 0.2) is 0 Å². The molecule has 8 heteroatoms. The van der Waals surface area contributed by atoms with Gasteiger partial charge in [0.05, 0.1) is 42.6 Å². The Morgan fingerprint density at radius 3 is 2.47 bits per heavy atom. The lowest BCUT2D eigenvalue weighted by molar-refractivity contribution is -0.0540. The molecule has 3 aromatic rings. The molecule has 0 atom stereocenters. The highest BCUT2D eigenvalue weighted by Crippen LogP contribution is 2.36. The van der Waals surface area contributed by atoms with Gasteiger partial charge in [-0.15, -0.1) is 0 Å². The number of benzene rings is 2. The Bertz CT molecular complexity index is 1210. The molecule has 0 saturated carbocycles. The summed E-state index contributed by atoms with van der Waals surface area (Å²) in [6.45, 7) is 2.07. The summed E-state index contributed by atoms with van der Waals surface area (Å²) in [4.78, 5) is 26.6. The van der Waals surface area contributed by atoms with Crippen LogP contribution in [-0.2, 0) is 24.9 Å². The number of aromatic nitrogens is 2. The maximum Gasteiger partial charge on any atom is 0.331 e. The number of fused-ring (bicyclic) bond motifs is 1. The first kappa shape index (κ1) is 19.0. The van der Waals surface area contributed by atoms with E-state index in [9.17, 15) is 14.7 Å².